The van der Waals surface area contributed by atoms with E-state index in [1.807, 2.05) is 0 Å². The second-order valence-electron chi connectivity index (χ2n) is 6.44. The molecule has 0 amide bonds. The predicted octanol–water partition coefficient (Wildman–Crippen LogP) is -3.01. The molecule has 0 spiro atoms. The van der Waals surface area contributed by atoms with Crippen LogP contribution in [-0.2, 0) is 20.4 Å². The molecule has 0 saturated heterocycles. The summed E-state index contributed by atoms with van der Waals surface area (Å²) >= 11 is 2.28. The molecule has 0 nitrogen and oxygen atoms in total. The third kappa shape index (κ3) is 5.50. The molecule has 0 atom stereocenters. The molecule has 0 bridgehead atoms. The summed E-state index contributed by atoms with van der Waals surface area (Å²) in [6, 6.07) is 18.0. The smallest absolute Gasteiger partial charge is 1.00 e. The van der Waals surface area contributed by atoms with Crippen LogP contribution >= 0.6 is 0 Å². The van der Waals surface area contributed by atoms with E-state index >= 15 is 0 Å². The van der Waals surface area contributed by atoms with Crippen molar-refractivity contribution in [2.24, 2.45) is 0 Å². The Bertz CT molecular complexity index is 748. The third-order valence-corrected chi connectivity index (χ3v) is 5.44. The van der Waals surface area contributed by atoms with E-state index in [9.17, 15) is 0 Å². The first-order chi connectivity index (χ1) is 11.1. The van der Waals surface area contributed by atoms with Gasteiger partial charge in [0.1, 0.15) is 0 Å². The van der Waals surface area contributed by atoms with E-state index in [0.29, 0.717) is 5.92 Å². The van der Waals surface area contributed by atoms with Gasteiger partial charge in [0.25, 0.3) is 0 Å². The molecule has 0 fully saturated rings. The number of allylic oxidation sites excluding steroid dienone is 4. The molecule has 3 rings (SSSR count). The molecule has 2 aromatic rings. The Morgan fingerprint density at radius 1 is 0.885 bits per heavy atom. The Labute approximate surface area is 188 Å². The summed E-state index contributed by atoms with van der Waals surface area (Å²) in [6.45, 7) is 6.64. The fraction of sp³-hybridized carbons (Fsp3) is 0.273. The minimum Gasteiger partial charge on any atom is -1.00 e. The first kappa shape index (κ1) is 25.5. The Balaban J connectivity index is 0.00000208. The average molecular weight is 442 g/mol. The van der Waals surface area contributed by atoms with Crippen LogP contribution in [0, 0.1) is 13.8 Å². The predicted molar refractivity (Wildman–Crippen MR) is 94.2 cm³/mol. The van der Waals surface area contributed by atoms with Crippen LogP contribution in [0.1, 0.15) is 47.9 Å². The molecule has 1 aliphatic rings. The topological polar surface area (TPSA) is 0 Å². The van der Waals surface area contributed by atoms with E-state index in [-0.39, 0.29) is 37.2 Å². The first-order valence-corrected chi connectivity index (χ1v) is 9.15. The first-order valence-electron chi connectivity index (χ1n) is 8.37. The summed E-state index contributed by atoms with van der Waals surface area (Å²) in [5.41, 5.74) is 8.54. The van der Waals surface area contributed by atoms with Gasteiger partial charge in [-0.1, -0.05) is 0 Å². The van der Waals surface area contributed by atoms with Crippen molar-refractivity contribution in [3.63, 3.8) is 0 Å². The van der Waals surface area contributed by atoms with Gasteiger partial charge in [-0.2, -0.15) is 0 Å². The molecule has 0 aliphatic heterocycles. The fourth-order valence-electron chi connectivity index (χ4n) is 3.59. The molecule has 0 N–H and O–H groups in total. The summed E-state index contributed by atoms with van der Waals surface area (Å²) in [5, 5.41) is 0. The molecular weight excluding hydrogens is 418 g/mol. The van der Waals surface area contributed by atoms with Crippen molar-refractivity contribution in [2.45, 2.75) is 39.5 Å². The van der Waals surface area contributed by atoms with Crippen LogP contribution in [-0.4, -0.2) is 0 Å². The maximum absolute atomic E-state index is 2.45. The van der Waals surface area contributed by atoms with E-state index in [4.69, 9.17) is 0 Å². The zero-order chi connectivity index (χ0) is 16.4. The van der Waals surface area contributed by atoms with Gasteiger partial charge in [0, 0.05) is 0 Å². The minimum absolute atomic E-state index is 0. The largest absolute Gasteiger partial charge is 1.00 e. The van der Waals surface area contributed by atoms with Crippen LogP contribution in [0.3, 0.4) is 0 Å². The monoisotopic (exact) mass is 440 g/mol. The normalized spacial score (nSPS) is 12.9. The van der Waals surface area contributed by atoms with Gasteiger partial charge in [0.15, 0.2) is 0 Å². The Morgan fingerprint density at radius 2 is 1.38 bits per heavy atom. The summed E-state index contributed by atoms with van der Waals surface area (Å²) in [6.07, 6.45) is 4.67. The summed E-state index contributed by atoms with van der Waals surface area (Å²) < 4.78 is 1.54. The van der Waals surface area contributed by atoms with E-state index in [2.05, 4.69) is 95.8 Å². The third-order valence-electron chi connectivity index (χ3n) is 4.65. The molecule has 0 heterocycles. The Hall–Kier alpha value is -0.496. The maximum atomic E-state index is 2.45. The fourth-order valence-corrected chi connectivity index (χ4v) is 4.25. The second-order valence-corrected chi connectivity index (χ2v) is 7.38. The molecule has 0 saturated carbocycles. The SMILES string of the molecule is CCC1=[C]([Ti+3])CC=C1C(c1cccc(C)c1)c1cccc(C)c1.[Cl-].[Cl-].[Cl-]. The van der Waals surface area contributed by atoms with Gasteiger partial charge in [-0.15, -0.1) is 0 Å². The second kappa shape index (κ2) is 11.4. The van der Waals surface area contributed by atoms with Gasteiger partial charge in [0.2, 0.25) is 0 Å². The number of halogens is 3. The molecule has 4 heteroatoms. The van der Waals surface area contributed by atoms with Gasteiger partial charge >= 0.3 is 152 Å². The standard InChI is InChI=1S/C22H23.3ClH.Ti/c1-4-18-10-7-13-21(18)22(19-11-5-8-16(2)14-19)20-12-6-9-17(3)15-20;;;;/h5-6,8-9,11-15,22H,4,7H2,1-3H3;3*1H;/q;;;;+3/p-3. The molecule has 2 aromatic carbocycles. The van der Waals surface area contributed by atoms with E-state index in [0.717, 1.165) is 12.8 Å². The van der Waals surface area contributed by atoms with Crippen LogP contribution in [0.5, 0.6) is 0 Å². The zero-order valence-electron chi connectivity index (χ0n) is 15.3. The summed E-state index contributed by atoms with van der Waals surface area (Å²) in [4.78, 5) is 0. The van der Waals surface area contributed by atoms with Crippen molar-refractivity contribution >= 4 is 0 Å². The van der Waals surface area contributed by atoms with Crippen molar-refractivity contribution in [3.8, 4) is 0 Å². The number of rotatable bonds is 4. The van der Waals surface area contributed by atoms with Gasteiger partial charge in [-0.25, -0.2) is 0 Å². The quantitative estimate of drug-likeness (QED) is 0.444. The van der Waals surface area contributed by atoms with Gasteiger partial charge in [-0.05, 0) is 0 Å². The van der Waals surface area contributed by atoms with Gasteiger partial charge in [-0.3, -0.25) is 0 Å². The Kier molecular flexibility index (Phi) is 11.2. The van der Waals surface area contributed by atoms with Crippen LogP contribution < -0.4 is 37.2 Å². The number of hydrogen-bond donors (Lipinski definition) is 0. The van der Waals surface area contributed by atoms with E-state index in [1.165, 1.54) is 31.7 Å². The van der Waals surface area contributed by atoms with Crippen molar-refractivity contribution in [2.75, 3.05) is 0 Å². The van der Waals surface area contributed by atoms with Gasteiger partial charge in [0.05, 0.1) is 0 Å². The van der Waals surface area contributed by atoms with E-state index < -0.39 is 0 Å². The summed E-state index contributed by atoms with van der Waals surface area (Å²) in [5.74, 6) is 0.349. The van der Waals surface area contributed by atoms with E-state index in [1.54, 1.807) is 5.57 Å². The maximum Gasteiger partial charge on any atom is -1.00 e. The zero-order valence-corrected chi connectivity index (χ0v) is 19.2. The minimum atomic E-state index is 0. The Morgan fingerprint density at radius 3 is 1.81 bits per heavy atom. The van der Waals surface area contributed by atoms with Crippen molar-refractivity contribution < 1.29 is 57.7 Å². The van der Waals surface area contributed by atoms with Crippen LogP contribution in [0.15, 0.2) is 69.6 Å². The average Bonchev–Trinajstić information content (AvgIpc) is 2.88. The van der Waals surface area contributed by atoms with Crippen LogP contribution in [0.4, 0.5) is 0 Å². The molecule has 136 valence electrons. The molecule has 26 heavy (non-hydrogen) atoms. The van der Waals surface area contributed by atoms with Crippen LogP contribution in [0.2, 0.25) is 0 Å². The molecule has 0 unspecified atom stereocenters. The molecule has 0 aromatic heterocycles. The van der Waals surface area contributed by atoms with Crippen molar-refractivity contribution in [1.29, 1.82) is 0 Å². The van der Waals surface area contributed by atoms with Crippen molar-refractivity contribution in [1.82, 2.24) is 0 Å². The van der Waals surface area contributed by atoms with Crippen LogP contribution in [0.25, 0.3) is 0 Å². The van der Waals surface area contributed by atoms with Gasteiger partial charge < -0.3 is 37.2 Å². The molecule has 1 aliphatic carbocycles. The van der Waals surface area contributed by atoms with Crippen molar-refractivity contribution in [3.05, 3.63) is 91.9 Å². The number of hydrogen-bond acceptors (Lipinski definition) is 0. The molecular formula is C22H23Cl3Ti. The molecule has 0 radical (unpaired) electrons. The summed E-state index contributed by atoms with van der Waals surface area (Å²) in [7, 11) is 0. The number of aryl methyl sites for hydroxylation is 2. The number of benzene rings is 2.